The number of hydrogen-bond acceptors (Lipinski definition) is 10. The molecule has 11 nitrogen and oxygen atoms in total. The van der Waals surface area contributed by atoms with Crippen molar-refractivity contribution < 1.29 is 23.9 Å². The number of anilines is 1. The summed E-state index contributed by atoms with van der Waals surface area (Å²) in [5, 5.41) is 20.7. The molecule has 1 amide bonds. The molecular weight excluding hydrogens is 500 g/mol. The lowest BCUT2D eigenvalue weighted by Gasteiger charge is -2.37. The summed E-state index contributed by atoms with van der Waals surface area (Å²) >= 11 is 0. The minimum Gasteiger partial charge on any atom is -0.491 e. The van der Waals surface area contributed by atoms with Crippen LogP contribution in [-0.4, -0.2) is 83.3 Å². The second-order valence-corrected chi connectivity index (χ2v) is 10.00. The Labute approximate surface area is 228 Å². The average molecular weight is 539 g/mol. The Kier molecular flexibility index (Phi) is 9.03. The van der Waals surface area contributed by atoms with E-state index >= 15 is 0 Å². The van der Waals surface area contributed by atoms with Crippen LogP contribution in [0.4, 0.5) is 10.6 Å². The quantitative estimate of drug-likeness (QED) is 0.370. The molecule has 39 heavy (non-hydrogen) atoms. The molecule has 210 valence electrons. The van der Waals surface area contributed by atoms with Gasteiger partial charge in [-0.2, -0.15) is 0 Å². The van der Waals surface area contributed by atoms with Gasteiger partial charge in [0, 0.05) is 36.3 Å². The number of aromatic nitrogens is 3. The highest BCUT2D eigenvalue weighted by Crippen LogP contribution is 2.34. The third-order valence-corrected chi connectivity index (χ3v) is 7.02. The smallest absolute Gasteiger partial charge is 0.409 e. The molecule has 2 aromatic heterocycles. The Morgan fingerprint density at radius 2 is 2.08 bits per heavy atom. The van der Waals surface area contributed by atoms with Crippen LogP contribution in [0, 0.1) is 20.8 Å². The zero-order chi connectivity index (χ0) is 28.1. The summed E-state index contributed by atoms with van der Waals surface area (Å²) in [4.78, 5) is 23.7. The average Bonchev–Trinajstić information content (AvgIpc) is 3.26. The molecule has 3 heterocycles. The molecule has 1 saturated heterocycles. The summed E-state index contributed by atoms with van der Waals surface area (Å²) in [5.74, 6) is 2.54. The maximum absolute atomic E-state index is 12.1. The molecule has 1 aromatic carbocycles. The molecule has 3 atom stereocenters. The molecular formula is C28H38N6O5. The van der Waals surface area contributed by atoms with Gasteiger partial charge in [0.15, 0.2) is 5.82 Å². The Morgan fingerprint density at radius 1 is 1.28 bits per heavy atom. The van der Waals surface area contributed by atoms with E-state index in [0.29, 0.717) is 30.4 Å². The van der Waals surface area contributed by atoms with E-state index < -0.39 is 6.10 Å². The third kappa shape index (κ3) is 6.48. The van der Waals surface area contributed by atoms with Crippen LogP contribution in [0.1, 0.15) is 36.8 Å². The van der Waals surface area contributed by atoms with E-state index in [1.165, 1.54) is 7.11 Å². The van der Waals surface area contributed by atoms with Crippen LogP contribution < -0.4 is 15.4 Å². The van der Waals surface area contributed by atoms with Gasteiger partial charge < -0.3 is 34.6 Å². The van der Waals surface area contributed by atoms with Gasteiger partial charge in [0.25, 0.3) is 0 Å². The first-order valence-electron chi connectivity index (χ1n) is 13.2. The van der Waals surface area contributed by atoms with Crippen LogP contribution in [0.2, 0.25) is 0 Å². The summed E-state index contributed by atoms with van der Waals surface area (Å²) in [5.41, 5.74) is 4.01. The summed E-state index contributed by atoms with van der Waals surface area (Å²) in [6.45, 7) is 8.98. The van der Waals surface area contributed by atoms with Crippen LogP contribution in [0.15, 0.2) is 28.8 Å². The number of aryl methyl sites for hydroxylation is 2. The molecule has 11 heteroatoms. The summed E-state index contributed by atoms with van der Waals surface area (Å²) in [6, 6.07) is 7.66. The van der Waals surface area contributed by atoms with E-state index in [1.54, 1.807) is 11.9 Å². The predicted molar refractivity (Wildman–Crippen MR) is 148 cm³/mol. The lowest BCUT2D eigenvalue weighted by atomic mass is 9.98. The van der Waals surface area contributed by atoms with Crippen LogP contribution in [0.25, 0.3) is 22.6 Å². The number of likely N-dealkylation sites (N-methyl/N-ethyl adjacent to an activating group) is 1. The maximum Gasteiger partial charge on any atom is 0.409 e. The van der Waals surface area contributed by atoms with Crippen molar-refractivity contribution in [1.82, 2.24) is 25.3 Å². The number of nitrogens with one attached hydrogen (secondary N) is 2. The highest BCUT2D eigenvalue weighted by molar-refractivity contribution is 5.74. The van der Waals surface area contributed by atoms with Crippen LogP contribution >= 0.6 is 0 Å². The number of methoxy groups -OCH3 is 1. The molecule has 1 fully saturated rings. The zero-order valence-corrected chi connectivity index (χ0v) is 23.4. The lowest BCUT2D eigenvalue weighted by molar-refractivity contribution is 0.0920. The summed E-state index contributed by atoms with van der Waals surface area (Å²) in [7, 11) is 3.19. The number of amides is 1. The Balaban J connectivity index is 1.67. The number of ether oxygens (including phenoxy) is 2. The molecule has 3 N–H and O–H groups in total. The van der Waals surface area contributed by atoms with Gasteiger partial charge in [-0.15, -0.1) is 0 Å². The molecule has 3 aromatic rings. The Morgan fingerprint density at radius 3 is 2.74 bits per heavy atom. The number of carbonyl (C=O) groups excluding carboxylic acids is 1. The molecule has 1 aliphatic rings. The highest BCUT2D eigenvalue weighted by Gasteiger charge is 2.30. The van der Waals surface area contributed by atoms with Gasteiger partial charge in [-0.05, 0) is 59.7 Å². The minimum absolute atomic E-state index is 0.0273. The fraction of sp³-hybridized carbons (Fsp3) is 0.500. The first-order chi connectivity index (χ1) is 18.7. The van der Waals surface area contributed by atoms with E-state index in [0.717, 1.165) is 46.7 Å². The summed E-state index contributed by atoms with van der Waals surface area (Å²) < 4.78 is 16.2. The number of aliphatic hydroxyl groups excluding tert-OH is 1. The number of carbonyl (C=O) groups is 1. The Bertz CT molecular complexity index is 1280. The number of benzene rings is 1. The van der Waals surface area contributed by atoms with E-state index in [1.807, 2.05) is 52.0 Å². The van der Waals surface area contributed by atoms with Crippen molar-refractivity contribution in [1.29, 1.82) is 0 Å². The number of likely N-dealkylation sites (tertiary alicyclic amines) is 1. The molecule has 0 aliphatic carbocycles. The lowest BCUT2D eigenvalue weighted by Crippen LogP contribution is -2.48. The standard InChI is InChI=1S/C28H38N6O5/c1-16-12-21(10-11-34(16)28(36)37-6)30-26-17(2)25(24-18(3)33-39-19(24)4)31-27(32-26)20-8-7-9-23(13-20)38-15-22(35)14-29-5/h7-9,13,16,21-22,29,35H,10-12,14-15H2,1-6H3,(H,30,31,32)/t16?,21?,22-/m0/s1. The van der Waals surface area contributed by atoms with Gasteiger partial charge in [0.2, 0.25) is 0 Å². The molecule has 2 unspecified atom stereocenters. The fourth-order valence-corrected chi connectivity index (χ4v) is 4.95. The van der Waals surface area contributed by atoms with Gasteiger partial charge in [-0.25, -0.2) is 14.8 Å². The number of hydrogen-bond donors (Lipinski definition) is 3. The van der Waals surface area contributed by atoms with E-state index in [4.69, 9.17) is 24.0 Å². The van der Waals surface area contributed by atoms with Crippen molar-refractivity contribution >= 4 is 11.9 Å². The Hall–Kier alpha value is -3.70. The van der Waals surface area contributed by atoms with Crippen LogP contribution in [0.3, 0.4) is 0 Å². The van der Waals surface area contributed by atoms with Crippen molar-refractivity contribution in [3.05, 3.63) is 41.3 Å². The van der Waals surface area contributed by atoms with Gasteiger partial charge in [0.1, 0.15) is 30.0 Å². The summed E-state index contributed by atoms with van der Waals surface area (Å²) in [6.07, 6.45) is 0.594. The topological polar surface area (TPSA) is 135 Å². The van der Waals surface area contributed by atoms with Gasteiger partial charge in [-0.3, -0.25) is 0 Å². The number of rotatable bonds is 9. The van der Waals surface area contributed by atoms with Crippen molar-refractivity contribution in [2.45, 2.75) is 58.7 Å². The number of aliphatic hydroxyl groups is 1. The van der Waals surface area contributed by atoms with Crippen LogP contribution in [-0.2, 0) is 4.74 Å². The molecule has 0 spiro atoms. The predicted octanol–water partition coefficient (Wildman–Crippen LogP) is 3.71. The normalized spacial score (nSPS) is 18.1. The highest BCUT2D eigenvalue weighted by atomic mass is 16.5. The third-order valence-electron chi connectivity index (χ3n) is 7.02. The molecule has 0 radical (unpaired) electrons. The fourth-order valence-electron chi connectivity index (χ4n) is 4.95. The van der Waals surface area contributed by atoms with Gasteiger partial charge in [-0.1, -0.05) is 17.3 Å². The van der Waals surface area contributed by atoms with Crippen molar-refractivity contribution in [2.75, 3.05) is 39.2 Å². The van der Waals surface area contributed by atoms with Crippen molar-refractivity contribution in [3.8, 4) is 28.4 Å². The second kappa shape index (κ2) is 12.4. The van der Waals surface area contributed by atoms with E-state index in [2.05, 4.69) is 15.8 Å². The van der Waals surface area contributed by atoms with E-state index in [9.17, 15) is 9.90 Å². The second-order valence-electron chi connectivity index (χ2n) is 10.00. The largest absolute Gasteiger partial charge is 0.491 e. The SMILES string of the molecule is CNC[C@H](O)COc1cccc(-c2nc(NC3CCN(C(=O)OC)C(C)C3)c(C)c(-c3c(C)noc3C)n2)c1. The zero-order valence-electron chi connectivity index (χ0n) is 23.4. The molecule has 1 aliphatic heterocycles. The van der Waals surface area contributed by atoms with Crippen molar-refractivity contribution in [3.63, 3.8) is 0 Å². The molecule has 0 bridgehead atoms. The maximum atomic E-state index is 12.1. The molecule has 4 rings (SSSR count). The monoisotopic (exact) mass is 538 g/mol. The van der Waals surface area contributed by atoms with E-state index in [-0.39, 0.29) is 24.8 Å². The first-order valence-corrected chi connectivity index (χ1v) is 13.2. The first kappa shape index (κ1) is 28.3. The number of piperidine rings is 1. The van der Waals surface area contributed by atoms with Gasteiger partial charge in [0.05, 0.1) is 24.1 Å². The number of nitrogens with zero attached hydrogens (tertiary/aromatic N) is 4. The van der Waals surface area contributed by atoms with Crippen LogP contribution in [0.5, 0.6) is 5.75 Å². The minimum atomic E-state index is -0.621. The van der Waals surface area contributed by atoms with Gasteiger partial charge >= 0.3 is 6.09 Å². The molecule has 0 saturated carbocycles. The van der Waals surface area contributed by atoms with Crippen molar-refractivity contribution in [2.24, 2.45) is 0 Å².